The van der Waals surface area contributed by atoms with Gasteiger partial charge in [0.25, 0.3) is 0 Å². The van der Waals surface area contributed by atoms with Crippen molar-refractivity contribution >= 4 is 5.91 Å². The second-order valence-corrected chi connectivity index (χ2v) is 6.17. The number of carbonyl (C=O) groups is 1. The first-order valence-electron chi connectivity index (χ1n) is 8.03. The Hall–Kier alpha value is -1.35. The quantitative estimate of drug-likeness (QED) is 0.734. The molecule has 0 aliphatic carbocycles. The monoisotopic (exact) mass is 291 g/mol. The molecule has 1 unspecified atom stereocenters. The maximum Gasteiger partial charge on any atom is 0.224 e. The van der Waals surface area contributed by atoms with Crippen molar-refractivity contribution in [3.8, 4) is 0 Å². The van der Waals surface area contributed by atoms with E-state index in [1.807, 2.05) is 12.1 Å². The molecule has 0 heterocycles. The van der Waals surface area contributed by atoms with Crippen LogP contribution in [0.1, 0.15) is 51.2 Å². The fourth-order valence-electron chi connectivity index (χ4n) is 2.42. The summed E-state index contributed by atoms with van der Waals surface area (Å²) >= 11 is 0. The predicted octanol–water partition coefficient (Wildman–Crippen LogP) is 3.09. The molecule has 3 nitrogen and oxygen atoms in total. The summed E-state index contributed by atoms with van der Waals surface area (Å²) in [7, 11) is 0. The van der Waals surface area contributed by atoms with E-state index in [9.17, 15) is 9.90 Å². The number of unbranched alkanes of at least 4 members (excludes halogenated alkanes) is 1. The molecule has 0 saturated carbocycles. The van der Waals surface area contributed by atoms with Crippen molar-refractivity contribution in [3.05, 3.63) is 35.4 Å². The van der Waals surface area contributed by atoms with Crippen molar-refractivity contribution < 1.29 is 9.90 Å². The molecule has 1 aromatic carbocycles. The highest BCUT2D eigenvalue weighted by molar-refractivity contribution is 5.78. The molecule has 0 aliphatic rings. The topological polar surface area (TPSA) is 49.3 Å². The number of hydrogen-bond acceptors (Lipinski definition) is 2. The van der Waals surface area contributed by atoms with E-state index in [0.29, 0.717) is 12.3 Å². The van der Waals surface area contributed by atoms with Crippen molar-refractivity contribution in [2.24, 2.45) is 5.92 Å². The average molecular weight is 291 g/mol. The molecular formula is C18H29NO2. The first-order valence-corrected chi connectivity index (χ1v) is 8.03. The van der Waals surface area contributed by atoms with Gasteiger partial charge in [0.15, 0.2) is 0 Å². The van der Waals surface area contributed by atoms with Gasteiger partial charge < -0.3 is 10.4 Å². The number of carbonyl (C=O) groups excluding carboxylic acids is 1. The summed E-state index contributed by atoms with van der Waals surface area (Å²) in [5, 5.41) is 12.2. The van der Waals surface area contributed by atoms with E-state index in [-0.39, 0.29) is 18.6 Å². The maximum atomic E-state index is 12.0. The van der Waals surface area contributed by atoms with Gasteiger partial charge in [-0.1, -0.05) is 51.5 Å². The third kappa shape index (κ3) is 7.28. The number of aliphatic hydroxyl groups excluding tert-OH is 1. The SMILES string of the molecule is CCCCc1ccc(CC(=O)NC(CO)CC(C)C)cc1. The van der Waals surface area contributed by atoms with E-state index in [0.717, 1.165) is 18.4 Å². The largest absolute Gasteiger partial charge is 0.394 e. The van der Waals surface area contributed by atoms with Crippen molar-refractivity contribution in [1.29, 1.82) is 0 Å². The highest BCUT2D eigenvalue weighted by Crippen LogP contribution is 2.09. The Morgan fingerprint density at radius 2 is 1.81 bits per heavy atom. The molecule has 3 heteroatoms. The molecule has 1 amide bonds. The molecule has 0 aliphatic heterocycles. The van der Waals surface area contributed by atoms with Crippen molar-refractivity contribution in [2.75, 3.05) is 6.61 Å². The summed E-state index contributed by atoms with van der Waals surface area (Å²) in [6.07, 6.45) is 4.68. The summed E-state index contributed by atoms with van der Waals surface area (Å²) in [6, 6.07) is 8.13. The van der Waals surface area contributed by atoms with Crippen LogP contribution in [0.15, 0.2) is 24.3 Å². The first-order chi connectivity index (χ1) is 10.0. The van der Waals surface area contributed by atoms with E-state index in [2.05, 4.69) is 38.2 Å². The van der Waals surface area contributed by atoms with Crippen LogP contribution >= 0.6 is 0 Å². The fourth-order valence-corrected chi connectivity index (χ4v) is 2.42. The molecule has 1 aromatic rings. The number of amides is 1. The molecular weight excluding hydrogens is 262 g/mol. The fraction of sp³-hybridized carbons (Fsp3) is 0.611. The third-order valence-corrected chi connectivity index (χ3v) is 3.55. The number of hydrogen-bond donors (Lipinski definition) is 2. The lowest BCUT2D eigenvalue weighted by molar-refractivity contribution is -0.121. The Labute approximate surface area is 128 Å². The van der Waals surface area contributed by atoms with Crippen LogP contribution < -0.4 is 5.32 Å². The van der Waals surface area contributed by atoms with Gasteiger partial charge in [0, 0.05) is 0 Å². The van der Waals surface area contributed by atoms with Crippen molar-refractivity contribution in [2.45, 2.75) is 58.9 Å². The van der Waals surface area contributed by atoms with Crippen LogP contribution in [0.25, 0.3) is 0 Å². The molecule has 1 rings (SSSR count). The molecule has 0 saturated heterocycles. The van der Waals surface area contributed by atoms with Crippen LogP contribution in [0, 0.1) is 5.92 Å². The zero-order valence-electron chi connectivity index (χ0n) is 13.6. The zero-order chi connectivity index (χ0) is 15.7. The Kier molecular flexibility index (Phi) is 8.06. The lowest BCUT2D eigenvalue weighted by Crippen LogP contribution is -2.39. The summed E-state index contributed by atoms with van der Waals surface area (Å²) in [4.78, 5) is 12.0. The van der Waals surface area contributed by atoms with E-state index in [4.69, 9.17) is 0 Å². The third-order valence-electron chi connectivity index (χ3n) is 3.55. The molecule has 2 N–H and O–H groups in total. The average Bonchev–Trinajstić information content (AvgIpc) is 2.45. The second kappa shape index (κ2) is 9.56. The summed E-state index contributed by atoms with van der Waals surface area (Å²) < 4.78 is 0. The van der Waals surface area contributed by atoms with Crippen molar-refractivity contribution in [3.63, 3.8) is 0 Å². The van der Waals surface area contributed by atoms with Gasteiger partial charge in [0.1, 0.15) is 0 Å². The minimum atomic E-state index is -0.138. The maximum absolute atomic E-state index is 12.0. The number of aryl methyl sites for hydroxylation is 1. The van der Waals surface area contributed by atoms with E-state index >= 15 is 0 Å². The normalized spacial score (nSPS) is 12.4. The van der Waals surface area contributed by atoms with Gasteiger partial charge in [0.05, 0.1) is 19.1 Å². The van der Waals surface area contributed by atoms with Crippen molar-refractivity contribution in [1.82, 2.24) is 5.32 Å². The van der Waals surface area contributed by atoms with Crippen LogP contribution in [0.5, 0.6) is 0 Å². The molecule has 0 spiro atoms. The van der Waals surface area contributed by atoms with E-state index < -0.39 is 0 Å². The van der Waals surface area contributed by atoms with Gasteiger partial charge in [-0.2, -0.15) is 0 Å². The van der Waals surface area contributed by atoms with Gasteiger partial charge in [-0.05, 0) is 36.3 Å². The van der Waals surface area contributed by atoms with Crippen LogP contribution in [-0.2, 0) is 17.6 Å². The van der Waals surface area contributed by atoms with Gasteiger partial charge in [-0.25, -0.2) is 0 Å². The Morgan fingerprint density at radius 3 is 2.33 bits per heavy atom. The summed E-state index contributed by atoms with van der Waals surface area (Å²) in [5.74, 6) is 0.441. The Balaban J connectivity index is 2.46. The van der Waals surface area contributed by atoms with Crippen LogP contribution in [0.2, 0.25) is 0 Å². The predicted molar refractivity (Wildman–Crippen MR) is 87.2 cm³/mol. The number of benzene rings is 1. The standard InChI is InChI=1S/C18H29NO2/c1-4-5-6-15-7-9-16(10-8-15)12-18(21)19-17(13-20)11-14(2)3/h7-10,14,17,20H,4-6,11-13H2,1-3H3,(H,19,21). The lowest BCUT2D eigenvalue weighted by atomic mass is 10.0. The Morgan fingerprint density at radius 1 is 1.19 bits per heavy atom. The first kappa shape index (κ1) is 17.7. The summed E-state index contributed by atoms with van der Waals surface area (Å²) in [6.45, 7) is 6.36. The van der Waals surface area contributed by atoms with Gasteiger partial charge in [-0.3, -0.25) is 4.79 Å². The van der Waals surface area contributed by atoms with Gasteiger partial charge >= 0.3 is 0 Å². The molecule has 0 radical (unpaired) electrons. The van der Waals surface area contributed by atoms with E-state index in [1.54, 1.807) is 0 Å². The minimum Gasteiger partial charge on any atom is -0.394 e. The molecule has 118 valence electrons. The molecule has 0 bridgehead atoms. The highest BCUT2D eigenvalue weighted by Gasteiger charge is 2.13. The molecule has 0 aromatic heterocycles. The van der Waals surface area contributed by atoms with Crippen LogP contribution in [0.3, 0.4) is 0 Å². The number of rotatable bonds is 9. The van der Waals surface area contributed by atoms with Crippen LogP contribution in [-0.4, -0.2) is 23.7 Å². The number of nitrogens with one attached hydrogen (secondary N) is 1. The Bertz CT molecular complexity index is 412. The van der Waals surface area contributed by atoms with Gasteiger partial charge in [0.2, 0.25) is 5.91 Å². The number of aliphatic hydroxyl groups is 1. The lowest BCUT2D eigenvalue weighted by Gasteiger charge is -2.18. The molecule has 1 atom stereocenters. The molecule has 21 heavy (non-hydrogen) atoms. The zero-order valence-corrected chi connectivity index (χ0v) is 13.6. The van der Waals surface area contributed by atoms with E-state index in [1.165, 1.54) is 18.4 Å². The van der Waals surface area contributed by atoms with Gasteiger partial charge in [-0.15, -0.1) is 0 Å². The molecule has 0 fully saturated rings. The summed E-state index contributed by atoms with van der Waals surface area (Å²) in [5.41, 5.74) is 2.35. The van der Waals surface area contributed by atoms with Crippen LogP contribution in [0.4, 0.5) is 0 Å². The highest BCUT2D eigenvalue weighted by atomic mass is 16.3. The second-order valence-electron chi connectivity index (χ2n) is 6.17. The minimum absolute atomic E-state index is 0.000123. The smallest absolute Gasteiger partial charge is 0.224 e.